The molecule has 0 spiro atoms. The van der Waals surface area contributed by atoms with Crippen molar-refractivity contribution in [3.05, 3.63) is 46.5 Å². The highest BCUT2D eigenvalue weighted by molar-refractivity contribution is 7.15. The minimum absolute atomic E-state index is 0.115. The van der Waals surface area contributed by atoms with Crippen LogP contribution in [0.5, 0.6) is 0 Å². The normalized spacial score (nSPS) is 19.2. The van der Waals surface area contributed by atoms with Gasteiger partial charge in [-0.25, -0.2) is 9.78 Å². The Labute approximate surface area is 156 Å². The van der Waals surface area contributed by atoms with Crippen LogP contribution in [0.15, 0.2) is 30.3 Å². The Kier molecular flexibility index (Phi) is 4.88. The van der Waals surface area contributed by atoms with Crippen molar-refractivity contribution >= 4 is 28.5 Å². The summed E-state index contributed by atoms with van der Waals surface area (Å²) in [5.41, 5.74) is 2.48. The minimum Gasteiger partial charge on any atom is -0.448 e. The molecule has 2 heterocycles. The van der Waals surface area contributed by atoms with Crippen molar-refractivity contribution in [1.82, 2.24) is 9.88 Å². The summed E-state index contributed by atoms with van der Waals surface area (Å²) in [5, 5.41) is 3.55. The lowest BCUT2D eigenvalue weighted by atomic mass is 9.85. The molecule has 1 aliphatic heterocycles. The number of carbonyl (C=O) groups is 2. The van der Waals surface area contributed by atoms with E-state index in [4.69, 9.17) is 4.74 Å². The predicted octanol–water partition coefficient (Wildman–Crippen LogP) is 3.20. The highest BCUT2D eigenvalue weighted by Gasteiger charge is 2.25. The minimum atomic E-state index is -0.338. The molecule has 1 atom stereocenters. The number of hydrogen-bond acceptors (Lipinski definition) is 5. The highest BCUT2D eigenvalue weighted by atomic mass is 32.1. The van der Waals surface area contributed by atoms with Crippen LogP contribution in [-0.2, 0) is 22.4 Å². The summed E-state index contributed by atoms with van der Waals surface area (Å²) >= 11 is 1.57. The molecule has 0 saturated carbocycles. The zero-order valence-corrected chi connectivity index (χ0v) is 15.3. The molecule has 1 fully saturated rings. The molecule has 1 N–H and O–H groups in total. The first-order valence-electron chi connectivity index (χ1n) is 8.94. The molecule has 26 heavy (non-hydrogen) atoms. The van der Waals surface area contributed by atoms with Crippen LogP contribution in [0, 0.1) is 0 Å². The van der Waals surface area contributed by atoms with Gasteiger partial charge in [0.05, 0.1) is 12.2 Å². The van der Waals surface area contributed by atoms with E-state index >= 15 is 0 Å². The number of amides is 2. The largest absolute Gasteiger partial charge is 0.448 e. The molecule has 2 aliphatic rings. The summed E-state index contributed by atoms with van der Waals surface area (Å²) in [7, 11) is 0. The van der Waals surface area contributed by atoms with E-state index in [1.54, 1.807) is 16.2 Å². The topological polar surface area (TPSA) is 71.5 Å². The highest BCUT2D eigenvalue weighted by Crippen LogP contribution is 2.36. The fourth-order valence-corrected chi connectivity index (χ4v) is 4.59. The maximum absolute atomic E-state index is 12.2. The van der Waals surface area contributed by atoms with Crippen molar-refractivity contribution in [2.24, 2.45) is 0 Å². The Morgan fingerprint density at radius 3 is 2.96 bits per heavy atom. The number of hydrogen-bond donors (Lipinski definition) is 1. The lowest BCUT2D eigenvalue weighted by Crippen LogP contribution is -2.28. The first-order chi connectivity index (χ1) is 12.7. The third kappa shape index (κ3) is 3.72. The fourth-order valence-electron chi connectivity index (χ4n) is 3.49. The fraction of sp³-hybridized carbons (Fsp3) is 0.421. The van der Waals surface area contributed by atoms with E-state index in [2.05, 4.69) is 34.6 Å². The molecule has 1 aliphatic carbocycles. The second-order valence-electron chi connectivity index (χ2n) is 6.64. The summed E-state index contributed by atoms with van der Waals surface area (Å²) in [6.45, 7) is 1.34. The van der Waals surface area contributed by atoms with Gasteiger partial charge in [-0.2, -0.15) is 0 Å². The first-order valence-corrected chi connectivity index (χ1v) is 9.76. The van der Waals surface area contributed by atoms with Gasteiger partial charge in [-0.3, -0.25) is 4.79 Å². The van der Waals surface area contributed by atoms with Crippen LogP contribution in [0.25, 0.3) is 0 Å². The van der Waals surface area contributed by atoms with E-state index in [-0.39, 0.29) is 18.4 Å². The first kappa shape index (κ1) is 17.0. The lowest BCUT2D eigenvalue weighted by Gasteiger charge is -2.21. The van der Waals surface area contributed by atoms with Crippen molar-refractivity contribution in [1.29, 1.82) is 0 Å². The van der Waals surface area contributed by atoms with Crippen LogP contribution in [-0.4, -0.2) is 41.6 Å². The smallest absolute Gasteiger partial charge is 0.409 e. The summed E-state index contributed by atoms with van der Waals surface area (Å²) in [4.78, 5) is 31.0. The standard InChI is InChI=1S/C19H21N3O3S/c23-17(8-9-22-10-11-25-19(22)24)21-18-20-15-7-6-14(12-16(15)26-18)13-4-2-1-3-5-13/h1-5,14H,6-12H2,(H,20,21,23). The maximum atomic E-state index is 12.2. The molecule has 7 heteroatoms. The van der Waals surface area contributed by atoms with Gasteiger partial charge in [0.1, 0.15) is 6.61 Å². The molecule has 1 aromatic heterocycles. The summed E-state index contributed by atoms with van der Waals surface area (Å²) in [6.07, 6.45) is 2.93. The van der Waals surface area contributed by atoms with E-state index in [9.17, 15) is 9.59 Å². The number of ether oxygens (including phenoxy) is 1. The van der Waals surface area contributed by atoms with E-state index in [1.165, 1.54) is 10.4 Å². The van der Waals surface area contributed by atoms with E-state index in [0.29, 0.717) is 30.7 Å². The Morgan fingerprint density at radius 1 is 1.35 bits per heavy atom. The molecule has 1 aromatic carbocycles. The van der Waals surface area contributed by atoms with E-state index in [1.807, 2.05) is 6.07 Å². The number of anilines is 1. The molecular formula is C19H21N3O3S. The van der Waals surface area contributed by atoms with Gasteiger partial charge in [0, 0.05) is 17.8 Å². The van der Waals surface area contributed by atoms with Gasteiger partial charge in [-0.05, 0) is 30.7 Å². The summed E-state index contributed by atoms with van der Waals surface area (Å²) in [5.74, 6) is 0.407. The number of aryl methyl sites for hydroxylation is 1. The summed E-state index contributed by atoms with van der Waals surface area (Å²) < 4.78 is 4.86. The van der Waals surface area contributed by atoms with Gasteiger partial charge in [-0.15, -0.1) is 11.3 Å². The van der Waals surface area contributed by atoms with Crippen molar-refractivity contribution in [2.45, 2.75) is 31.6 Å². The number of nitrogens with zero attached hydrogens (tertiary/aromatic N) is 2. The molecule has 2 aromatic rings. The Bertz CT molecular complexity index is 806. The number of rotatable bonds is 5. The zero-order chi connectivity index (χ0) is 17.9. The monoisotopic (exact) mass is 371 g/mol. The van der Waals surface area contributed by atoms with Gasteiger partial charge in [0.15, 0.2) is 5.13 Å². The average molecular weight is 371 g/mol. The number of nitrogens with one attached hydrogen (secondary N) is 1. The number of cyclic esters (lactones) is 1. The average Bonchev–Trinajstić information content (AvgIpc) is 3.25. The Morgan fingerprint density at radius 2 is 2.19 bits per heavy atom. The number of aromatic nitrogens is 1. The number of benzene rings is 1. The van der Waals surface area contributed by atoms with Crippen LogP contribution < -0.4 is 5.32 Å². The molecule has 0 bridgehead atoms. The van der Waals surface area contributed by atoms with Crippen molar-refractivity contribution in [3.8, 4) is 0 Å². The molecular weight excluding hydrogens is 350 g/mol. The second-order valence-corrected chi connectivity index (χ2v) is 7.72. The van der Waals surface area contributed by atoms with Gasteiger partial charge in [0.25, 0.3) is 0 Å². The zero-order valence-electron chi connectivity index (χ0n) is 14.4. The van der Waals surface area contributed by atoms with Gasteiger partial charge in [-0.1, -0.05) is 30.3 Å². The van der Waals surface area contributed by atoms with Crippen LogP contribution >= 0.6 is 11.3 Å². The lowest BCUT2D eigenvalue weighted by molar-refractivity contribution is -0.116. The predicted molar refractivity (Wildman–Crippen MR) is 99.5 cm³/mol. The van der Waals surface area contributed by atoms with Crippen molar-refractivity contribution < 1.29 is 14.3 Å². The van der Waals surface area contributed by atoms with Crippen LogP contribution in [0.3, 0.4) is 0 Å². The number of fused-ring (bicyclic) bond motifs is 1. The number of carbonyl (C=O) groups excluding carboxylic acids is 2. The third-order valence-corrected chi connectivity index (χ3v) is 5.95. The summed E-state index contributed by atoms with van der Waals surface area (Å²) in [6, 6.07) is 10.6. The molecule has 136 valence electrons. The van der Waals surface area contributed by atoms with Gasteiger partial charge in [0.2, 0.25) is 5.91 Å². The maximum Gasteiger partial charge on any atom is 0.409 e. The Hall–Kier alpha value is -2.41. The van der Waals surface area contributed by atoms with Gasteiger partial charge < -0.3 is 15.0 Å². The second kappa shape index (κ2) is 7.45. The van der Waals surface area contributed by atoms with Crippen LogP contribution in [0.2, 0.25) is 0 Å². The van der Waals surface area contributed by atoms with E-state index in [0.717, 1.165) is 25.0 Å². The SMILES string of the molecule is O=C(CCN1CCOC1=O)Nc1nc2c(s1)CC(c1ccccc1)CC2. The number of thiazole rings is 1. The van der Waals surface area contributed by atoms with Crippen LogP contribution in [0.4, 0.5) is 9.93 Å². The molecule has 1 unspecified atom stereocenters. The molecule has 1 saturated heterocycles. The third-order valence-electron chi connectivity index (χ3n) is 4.91. The molecule has 0 radical (unpaired) electrons. The van der Waals surface area contributed by atoms with Gasteiger partial charge >= 0.3 is 6.09 Å². The quantitative estimate of drug-likeness (QED) is 0.876. The molecule has 4 rings (SSSR count). The van der Waals surface area contributed by atoms with Crippen molar-refractivity contribution in [3.63, 3.8) is 0 Å². The van der Waals surface area contributed by atoms with Crippen molar-refractivity contribution in [2.75, 3.05) is 25.0 Å². The molecule has 6 nitrogen and oxygen atoms in total. The van der Waals surface area contributed by atoms with E-state index < -0.39 is 0 Å². The van der Waals surface area contributed by atoms with Crippen LogP contribution in [0.1, 0.15) is 34.9 Å². The Balaban J connectivity index is 1.34. The molecule has 2 amide bonds.